The minimum absolute atomic E-state index is 0.0316. The smallest absolute Gasteiger partial charge is 0.312 e. The van der Waals surface area contributed by atoms with E-state index in [0.717, 1.165) is 12.1 Å². The SMILES string of the molecule is NC[C@H](O)COc1cc(F)c(Br)cc1[N+](=O)[O-]. The Labute approximate surface area is 104 Å². The second-order valence-corrected chi connectivity index (χ2v) is 4.05. The Morgan fingerprint density at radius 1 is 1.65 bits per heavy atom. The van der Waals surface area contributed by atoms with Crippen LogP contribution in [0.2, 0.25) is 0 Å². The molecular weight excluding hydrogens is 299 g/mol. The Kier molecular flexibility index (Phi) is 4.79. The molecule has 8 heteroatoms. The molecule has 1 aromatic carbocycles. The van der Waals surface area contributed by atoms with Crippen LogP contribution >= 0.6 is 15.9 Å². The van der Waals surface area contributed by atoms with Gasteiger partial charge in [-0.25, -0.2) is 4.39 Å². The van der Waals surface area contributed by atoms with Gasteiger partial charge in [-0.3, -0.25) is 10.1 Å². The Bertz CT molecular complexity index is 430. The molecule has 0 saturated carbocycles. The Hall–Kier alpha value is -1.25. The summed E-state index contributed by atoms with van der Waals surface area (Å²) >= 11 is 2.84. The number of nitrogens with zero attached hydrogens (tertiary/aromatic N) is 1. The van der Waals surface area contributed by atoms with Gasteiger partial charge in [0.25, 0.3) is 0 Å². The first-order chi connectivity index (χ1) is 7.95. The molecule has 94 valence electrons. The number of nitro benzene ring substituents is 1. The molecule has 0 saturated heterocycles. The van der Waals surface area contributed by atoms with E-state index in [-0.39, 0.29) is 29.1 Å². The summed E-state index contributed by atoms with van der Waals surface area (Å²) in [6.07, 6.45) is -0.957. The van der Waals surface area contributed by atoms with Crippen LogP contribution in [-0.4, -0.2) is 29.3 Å². The van der Waals surface area contributed by atoms with Crippen molar-refractivity contribution in [1.29, 1.82) is 0 Å². The predicted molar refractivity (Wildman–Crippen MR) is 61.3 cm³/mol. The molecule has 0 spiro atoms. The van der Waals surface area contributed by atoms with Crippen LogP contribution in [0.5, 0.6) is 5.75 Å². The molecule has 0 aromatic heterocycles. The molecule has 0 aliphatic rings. The fraction of sp³-hybridized carbons (Fsp3) is 0.333. The molecule has 0 radical (unpaired) electrons. The zero-order valence-corrected chi connectivity index (χ0v) is 10.2. The first kappa shape index (κ1) is 13.8. The number of nitro groups is 1. The van der Waals surface area contributed by atoms with E-state index >= 15 is 0 Å². The van der Waals surface area contributed by atoms with Gasteiger partial charge < -0.3 is 15.6 Å². The van der Waals surface area contributed by atoms with Gasteiger partial charge in [0, 0.05) is 18.7 Å². The van der Waals surface area contributed by atoms with Crippen molar-refractivity contribution in [3.8, 4) is 5.75 Å². The third-order valence-corrected chi connectivity index (χ3v) is 2.51. The number of benzene rings is 1. The Morgan fingerprint density at radius 2 is 2.29 bits per heavy atom. The fourth-order valence-electron chi connectivity index (χ4n) is 1.03. The van der Waals surface area contributed by atoms with Crippen molar-refractivity contribution in [2.45, 2.75) is 6.10 Å². The van der Waals surface area contributed by atoms with Crippen molar-refractivity contribution in [1.82, 2.24) is 0 Å². The molecule has 0 heterocycles. The second kappa shape index (κ2) is 5.89. The van der Waals surface area contributed by atoms with Crippen LogP contribution in [0.1, 0.15) is 0 Å². The highest BCUT2D eigenvalue weighted by molar-refractivity contribution is 9.10. The Morgan fingerprint density at radius 3 is 2.82 bits per heavy atom. The van der Waals surface area contributed by atoms with E-state index in [2.05, 4.69) is 15.9 Å². The standard InChI is InChI=1S/C9H10BrFN2O4/c10-6-1-8(13(15)16)9(2-7(6)11)17-4-5(14)3-12/h1-2,5,14H,3-4,12H2/t5-/m0/s1. The third-order valence-electron chi connectivity index (χ3n) is 1.90. The fourth-order valence-corrected chi connectivity index (χ4v) is 1.36. The molecule has 0 unspecified atom stereocenters. The maximum absolute atomic E-state index is 13.2. The van der Waals surface area contributed by atoms with Gasteiger partial charge in [-0.15, -0.1) is 0 Å². The molecule has 6 nitrogen and oxygen atoms in total. The van der Waals surface area contributed by atoms with Crippen molar-refractivity contribution < 1.29 is 19.2 Å². The van der Waals surface area contributed by atoms with Gasteiger partial charge in [-0.05, 0) is 15.9 Å². The number of nitrogens with two attached hydrogens (primary N) is 1. The van der Waals surface area contributed by atoms with Crippen LogP contribution in [0.3, 0.4) is 0 Å². The number of aliphatic hydroxyl groups excluding tert-OH is 1. The van der Waals surface area contributed by atoms with E-state index in [1.54, 1.807) is 0 Å². The second-order valence-electron chi connectivity index (χ2n) is 3.19. The zero-order chi connectivity index (χ0) is 13.0. The van der Waals surface area contributed by atoms with Gasteiger partial charge in [0.2, 0.25) is 0 Å². The van der Waals surface area contributed by atoms with E-state index in [0.29, 0.717) is 0 Å². The van der Waals surface area contributed by atoms with E-state index in [1.165, 1.54) is 0 Å². The Balaban J connectivity index is 2.96. The van der Waals surface area contributed by atoms with Crippen LogP contribution in [0, 0.1) is 15.9 Å². The summed E-state index contributed by atoms with van der Waals surface area (Å²) in [4.78, 5) is 9.99. The largest absolute Gasteiger partial charge is 0.484 e. The number of hydrogen-bond acceptors (Lipinski definition) is 5. The first-order valence-electron chi connectivity index (χ1n) is 4.60. The molecule has 17 heavy (non-hydrogen) atoms. The number of ether oxygens (including phenoxy) is 1. The van der Waals surface area contributed by atoms with Gasteiger partial charge in [0.05, 0.1) is 9.40 Å². The summed E-state index contributed by atoms with van der Waals surface area (Å²) in [5.74, 6) is -0.934. The number of aliphatic hydroxyl groups is 1. The maximum atomic E-state index is 13.2. The van der Waals surface area contributed by atoms with Crippen molar-refractivity contribution in [2.24, 2.45) is 5.73 Å². The molecule has 1 rings (SSSR count). The predicted octanol–water partition coefficient (Wildman–Crippen LogP) is 1.19. The van der Waals surface area contributed by atoms with Crippen molar-refractivity contribution in [2.75, 3.05) is 13.2 Å². The average molecular weight is 309 g/mol. The van der Waals surface area contributed by atoms with Gasteiger partial charge >= 0.3 is 5.69 Å². The molecule has 0 bridgehead atoms. The molecule has 0 amide bonds. The van der Waals surface area contributed by atoms with Crippen LogP contribution in [0.25, 0.3) is 0 Å². The molecule has 3 N–H and O–H groups in total. The van der Waals surface area contributed by atoms with E-state index < -0.39 is 16.8 Å². The summed E-state index contributed by atoms with van der Waals surface area (Å²) in [6, 6.07) is 1.88. The van der Waals surface area contributed by atoms with Gasteiger partial charge in [-0.2, -0.15) is 0 Å². The highest BCUT2D eigenvalue weighted by Gasteiger charge is 2.19. The molecule has 1 atom stereocenters. The molecule has 1 aromatic rings. The van der Waals surface area contributed by atoms with Crippen molar-refractivity contribution >= 4 is 21.6 Å². The molecular formula is C9H10BrFN2O4. The summed E-state index contributed by atoms with van der Waals surface area (Å²) in [5, 5.41) is 19.8. The lowest BCUT2D eigenvalue weighted by Crippen LogP contribution is -2.26. The summed E-state index contributed by atoms with van der Waals surface area (Å²) in [5.41, 5.74) is 4.76. The van der Waals surface area contributed by atoms with Crippen molar-refractivity contribution in [3.05, 3.63) is 32.5 Å². The molecule has 0 aliphatic carbocycles. The third kappa shape index (κ3) is 3.62. The minimum Gasteiger partial charge on any atom is -0.484 e. The maximum Gasteiger partial charge on any atom is 0.312 e. The molecule has 0 fully saturated rings. The van der Waals surface area contributed by atoms with Crippen LogP contribution in [0.4, 0.5) is 10.1 Å². The average Bonchev–Trinajstić information content (AvgIpc) is 2.29. The van der Waals surface area contributed by atoms with Gasteiger partial charge in [0.15, 0.2) is 5.75 Å². The number of hydrogen-bond donors (Lipinski definition) is 2. The molecule has 0 aliphatic heterocycles. The summed E-state index contributed by atoms with van der Waals surface area (Å²) in [6.45, 7) is -0.286. The highest BCUT2D eigenvalue weighted by Crippen LogP contribution is 2.32. The zero-order valence-electron chi connectivity index (χ0n) is 8.60. The van der Waals surface area contributed by atoms with E-state index in [4.69, 9.17) is 15.6 Å². The lowest BCUT2D eigenvalue weighted by Gasteiger charge is -2.10. The summed E-state index contributed by atoms with van der Waals surface area (Å²) < 4.78 is 18.1. The van der Waals surface area contributed by atoms with E-state index in [1.807, 2.05) is 0 Å². The monoisotopic (exact) mass is 308 g/mol. The number of halogens is 2. The normalized spacial score (nSPS) is 12.2. The topological polar surface area (TPSA) is 98.6 Å². The van der Waals surface area contributed by atoms with Crippen LogP contribution < -0.4 is 10.5 Å². The quantitative estimate of drug-likeness (QED) is 0.629. The van der Waals surface area contributed by atoms with Gasteiger partial charge in [0.1, 0.15) is 18.5 Å². The highest BCUT2D eigenvalue weighted by atomic mass is 79.9. The van der Waals surface area contributed by atoms with Crippen molar-refractivity contribution in [3.63, 3.8) is 0 Å². The minimum atomic E-state index is -0.957. The summed E-state index contributed by atoms with van der Waals surface area (Å²) in [7, 11) is 0. The first-order valence-corrected chi connectivity index (χ1v) is 5.39. The van der Waals surface area contributed by atoms with Crippen LogP contribution in [0.15, 0.2) is 16.6 Å². The van der Waals surface area contributed by atoms with Crippen LogP contribution in [-0.2, 0) is 0 Å². The lowest BCUT2D eigenvalue weighted by atomic mass is 10.3. The lowest BCUT2D eigenvalue weighted by molar-refractivity contribution is -0.386. The van der Waals surface area contributed by atoms with Gasteiger partial charge in [-0.1, -0.05) is 0 Å². The van der Waals surface area contributed by atoms with E-state index in [9.17, 15) is 14.5 Å². The number of rotatable bonds is 5.